The molecule has 10 heteroatoms. The Kier molecular flexibility index (Phi) is 6.70. The number of sulfone groups is 1. The van der Waals surface area contributed by atoms with Gasteiger partial charge in [-0.15, -0.1) is 0 Å². The van der Waals surface area contributed by atoms with E-state index in [9.17, 15) is 17.6 Å². The predicted molar refractivity (Wildman–Crippen MR) is 151 cm³/mol. The smallest absolute Gasteiger partial charge is 0.254 e. The Bertz CT molecular complexity index is 1900. The zero-order valence-electron chi connectivity index (χ0n) is 22.3. The molecule has 5 aromatic rings. The molecule has 2 heterocycles. The molecule has 8 nitrogen and oxygen atoms in total. The van der Waals surface area contributed by atoms with Crippen LogP contribution in [0.15, 0.2) is 88.7 Å². The number of aromatic amines is 1. The zero-order valence-corrected chi connectivity index (χ0v) is 23.2. The number of amides is 1. The first kappa shape index (κ1) is 26.5. The number of aromatic nitrogens is 2. The van der Waals surface area contributed by atoms with E-state index in [1.54, 1.807) is 4.90 Å². The maximum Gasteiger partial charge on any atom is 0.254 e. The lowest BCUT2D eigenvalue weighted by Crippen LogP contribution is -2.32. The number of carbonyl (C=O) groups excluding carboxylic acids is 1. The van der Waals surface area contributed by atoms with E-state index >= 15 is 0 Å². The Labute approximate surface area is 236 Å². The van der Waals surface area contributed by atoms with Crippen LogP contribution in [0.3, 0.4) is 0 Å². The van der Waals surface area contributed by atoms with E-state index in [0.29, 0.717) is 25.3 Å². The molecular formula is C31H26FN3O5S. The van der Waals surface area contributed by atoms with Gasteiger partial charge in [-0.1, -0.05) is 12.1 Å². The van der Waals surface area contributed by atoms with Gasteiger partial charge in [0.15, 0.2) is 11.6 Å². The lowest BCUT2D eigenvalue weighted by Gasteiger charge is -2.20. The first-order valence-corrected chi connectivity index (χ1v) is 14.4. The van der Waals surface area contributed by atoms with E-state index in [2.05, 4.69) is 9.97 Å². The number of methoxy groups -OCH3 is 1. The van der Waals surface area contributed by atoms with E-state index in [4.69, 9.17) is 9.47 Å². The van der Waals surface area contributed by atoms with E-state index in [1.165, 1.54) is 43.5 Å². The monoisotopic (exact) mass is 571 g/mol. The number of carbonyl (C=O) groups is 1. The molecule has 1 N–H and O–H groups in total. The molecule has 0 fully saturated rings. The number of fused-ring (bicyclic) bond motifs is 2. The third kappa shape index (κ3) is 5.02. The summed E-state index contributed by atoms with van der Waals surface area (Å²) in [7, 11) is -2.69. The maximum absolute atomic E-state index is 14.1. The van der Waals surface area contributed by atoms with Crippen LogP contribution < -0.4 is 9.47 Å². The summed E-state index contributed by atoms with van der Waals surface area (Å²) >= 11 is 0. The molecule has 4 aromatic carbocycles. The highest BCUT2D eigenvalue weighted by atomic mass is 32.2. The Balaban J connectivity index is 1.23. The van der Waals surface area contributed by atoms with Crippen molar-refractivity contribution >= 4 is 26.8 Å². The molecule has 1 aliphatic heterocycles. The number of H-pyrrole nitrogens is 1. The number of aryl methyl sites for hydroxylation is 1. The largest absolute Gasteiger partial charge is 0.494 e. The Morgan fingerprint density at radius 2 is 1.71 bits per heavy atom. The second-order valence-electron chi connectivity index (χ2n) is 9.78. The van der Waals surface area contributed by atoms with Gasteiger partial charge in [0.25, 0.3) is 5.91 Å². The number of ether oxygens (including phenoxy) is 2. The summed E-state index contributed by atoms with van der Waals surface area (Å²) in [4.78, 5) is 22.6. The number of benzene rings is 4. The second kappa shape index (κ2) is 10.4. The Morgan fingerprint density at radius 1 is 0.976 bits per heavy atom. The summed E-state index contributed by atoms with van der Waals surface area (Å²) in [5.41, 5.74) is 5.06. The summed E-state index contributed by atoms with van der Waals surface area (Å²) in [5, 5.41) is 0. The van der Waals surface area contributed by atoms with Gasteiger partial charge in [0.2, 0.25) is 9.84 Å². The van der Waals surface area contributed by atoms with Crippen LogP contribution in [-0.4, -0.2) is 49.5 Å². The first-order valence-electron chi connectivity index (χ1n) is 12.9. The molecule has 208 valence electrons. The molecule has 41 heavy (non-hydrogen) atoms. The number of nitrogens with zero attached hydrogens (tertiary/aromatic N) is 2. The number of hydrogen-bond donors (Lipinski definition) is 1. The van der Waals surface area contributed by atoms with E-state index in [-0.39, 0.29) is 21.4 Å². The van der Waals surface area contributed by atoms with Crippen molar-refractivity contribution in [1.29, 1.82) is 0 Å². The van der Waals surface area contributed by atoms with Crippen molar-refractivity contribution in [3.63, 3.8) is 0 Å². The molecule has 0 spiro atoms. The molecule has 6 rings (SSSR count). The van der Waals surface area contributed by atoms with Gasteiger partial charge in [-0.05, 0) is 84.8 Å². The molecule has 0 bridgehead atoms. The maximum atomic E-state index is 14.1. The third-order valence-electron chi connectivity index (χ3n) is 7.11. The van der Waals surface area contributed by atoms with Gasteiger partial charge in [-0.25, -0.2) is 17.8 Å². The highest BCUT2D eigenvalue weighted by molar-refractivity contribution is 7.91. The summed E-state index contributed by atoms with van der Waals surface area (Å²) in [6.07, 6.45) is 0. The zero-order chi connectivity index (χ0) is 28.7. The van der Waals surface area contributed by atoms with Gasteiger partial charge < -0.3 is 19.4 Å². The minimum absolute atomic E-state index is 0.0442. The number of imidazole rings is 1. The van der Waals surface area contributed by atoms with E-state index in [1.807, 2.05) is 43.3 Å². The van der Waals surface area contributed by atoms with Crippen LogP contribution in [0.5, 0.6) is 11.5 Å². The van der Waals surface area contributed by atoms with E-state index in [0.717, 1.165) is 45.4 Å². The fourth-order valence-electron chi connectivity index (χ4n) is 4.97. The molecule has 0 atom stereocenters. The molecule has 0 saturated heterocycles. The molecule has 0 saturated carbocycles. The van der Waals surface area contributed by atoms with Gasteiger partial charge >= 0.3 is 0 Å². The normalized spacial score (nSPS) is 13.4. The summed E-state index contributed by atoms with van der Waals surface area (Å²) in [5.74, 6) is 0.497. The van der Waals surface area contributed by atoms with E-state index < -0.39 is 15.7 Å². The number of halogens is 1. The van der Waals surface area contributed by atoms with Crippen LogP contribution in [0, 0.1) is 12.7 Å². The van der Waals surface area contributed by atoms with Gasteiger partial charge in [0.05, 0.1) is 34.5 Å². The second-order valence-corrected chi connectivity index (χ2v) is 11.7. The lowest BCUT2D eigenvalue weighted by molar-refractivity contribution is 0.0733. The van der Waals surface area contributed by atoms with Crippen molar-refractivity contribution in [3.05, 3.63) is 102 Å². The Morgan fingerprint density at radius 3 is 2.46 bits per heavy atom. The standard InChI is InChI=1S/C31H26FN3O5S/c1-19-33-27-10-5-22(16-28(27)34-19)21-6-11-29-23(15-21)18-35(13-14-40-29)31(36)20-3-7-24(8-4-20)41(37,38)25-9-12-30(39-2)26(32)17-25/h3-12,15-17H,13-14,18H2,1-2H3,(H,33,34). The number of rotatable bonds is 5. The van der Waals surface area contributed by atoms with Crippen LogP contribution in [-0.2, 0) is 16.4 Å². The molecule has 0 radical (unpaired) electrons. The van der Waals surface area contributed by atoms with Crippen molar-refractivity contribution in [1.82, 2.24) is 14.9 Å². The van der Waals surface area contributed by atoms with Crippen LogP contribution in [0.2, 0.25) is 0 Å². The van der Waals surface area contributed by atoms with Crippen molar-refractivity contribution in [3.8, 4) is 22.6 Å². The highest BCUT2D eigenvalue weighted by Gasteiger charge is 2.24. The van der Waals surface area contributed by atoms with Gasteiger partial charge in [0, 0.05) is 17.7 Å². The summed E-state index contributed by atoms with van der Waals surface area (Å²) in [6, 6.07) is 21.1. The molecule has 1 amide bonds. The topological polar surface area (TPSA) is 102 Å². The minimum Gasteiger partial charge on any atom is -0.494 e. The highest BCUT2D eigenvalue weighted by Crippen LogP contribution is 2.31. The van der Waals surface area contributed by atoms with Crippen molar-refractivity contribution in [2.24, 2.45) is 0 Å². The minimum atomic E-state index is -3.99. The summed E-state index contributed by atoms with van der Waals surface area (Å²) < 4.78 is 51.0. The van der Waals surface area contributed by atoms with Crippen molar-refractivity contribution < 1.29 is 27.1 Å². The molecule has 0 aliphatic carbocycles. The van der Waals surface area contributed by atoms with Gasteiger partial charge in [-0.3, -0.25) is 4.79 Å². The van der Waals surface area contributed by atoms with Crippen LogP contribution in [0.1, 0.15) is 21.7 Å². The predicted octanol–water partition coefficient (Wildman–Crippen LogP) is 5.55. The van der Waals surface area contributed by atoms with Crippen molar-refractivity contribution in [2.75, 3.05) is 20.3 Å². The lowest BCUT2D eigenvalue weighted by atomic mass is 10.0. The van der Waals surface area contributed by atoms with Crippen LogP contribution >= 0.6 is 0 Å². The average Bonchev–Trinajstić information content (AvgIpc) is 3.22. The van der Waals surface area contributed by atoms with Gasteiger partial charge in [-0.2, -0.15) is 0 Å². The SMILES string of the molecule is COc1ccc(S(=O)(=O)c2ccc(C(=O)N3CCOc4ccc(-c5ccc6nc(C)[nH]c6c5)cc4C3)cc2)cc1F. The molecule has 0 unspecified atom stereocenters. The quantitative estimate of drug-likeness (QED) is 0.297. The third-order valence-corrected chi connectivity index (χ3v) is 8.87. The average molecular weight is 572 g/mol. The first-order chi connectivity index (χ1) is 19.7. The number of hydrogen-bond acceptors (Lipinski definition) is 6. The fourth-order valence-corrected chi connectivity index (χ4v) is 6.25. The molecule has 1 aromatic heterocycles. The Hall–Kier alpha value is -4.70. The van der Waals surface area contributed by atoms with Crippen molar-refractivity contribution in [2.45, 2.75) is 23.3 Å². The molecule has 1 aliphatic rings. The van der Waals surface area contributed by atoms with Crippen LogP contribution in [0.4, 0.5) is 4.39 Å². The van der Waals surface area contributed by atoms with Gasteiger partial charge in [0.1, 0.15) is 18.2 Å². The fraction of sp³-hybridized carbons (Fsp3) is 0.161. The number of nitrogens with one attached hydrogen (secondary N) is 1. The van der Waals surface area contributed by atoms with Crippen LogP contribution in [0.25, 0.3) is 22.2 Å². The summed E-state index contributed by atoms with van der Waals surface area (Å²) in [6.45, 7) is 2.94. The molecular weight excluding hydrogens is 545 g/mol.